The molecule has 53 heavy (non-hydrogen) atoms. The highest BCUT2D eigenvalue weighted by atomic mass is 16.3. The van der Waals surface area contributed by atoms with E-state index in [4.69, 9.17) is 0 Å². The summed E-state index contributed by atoms with van der Waals surface area (Å²) >= 11 is 0. The van der Waals surface area contributed by atoms with Gasteiger partial charge in [0.1, 0.15) is 6.29 Å². The Labute approximate surface area is 317 Å². The van der Waals surface area contributed by atoms with Gasteiger partial charge in [0.15, 0.2) is 0 Å². The zero-order valence-electron chi connectivity index (χ0n) is 32.3. The number of aliphatic hydroxyl groups is 4. The molecular weight excluding hydrogens is 661 g/mol. The number of aldehydes is 1. The largest absolute Gasteiger partial charge is 0.396 e. The van der Waals surface area contributed by atoms with Crippen LogP contribution in [0.1, 0.15) is 82.8 Å². The van der Waals surface area contributed by atoms with Gasteiger partial charge >= 0.3 is 0 Å². The lowest BCUT2D eigenvalue weighted by atomic mass is 9.40. The summed E-state index contributed by atoms with van der Waals surface area (Å²) in [6, 6.07) is 9.29. The van der Waals surface area contributed by atoms with Crippen LogP contribution < -0.4 is 10.6 Å². The third-order valence-electron chi connectivity index (χ3n) is 13.9. The molecule has 9 unspecified atom stereocenters. The number of allylic oxidation sites excluding steroid dienone is 9. The number of carbonyl (C=O) groups is 1. The lowest BCUT2D eigenvalue weighted by molar-refractivity contribution is -0.207. The van der Waals surface area contributed by atoms with E-state index in [2.05, 4.69) is 79.6 Å². The maximum absolute atomic E-state index is 13.0. The van der Waals surface area contributed by atoms with Crippen molar-refractivity contribution < 1.29 is 25.2 Å². The van der Waals surface area contributed by atoms with Crippen molar-refractivity contribution in [3.8, 4) is 0 Å². The van der Waals surface area contributed by atoms with Gasteiger partial charge in [-0.1, -0.05) is 78.4 Å². The van der Waals surface area contributed by atoms with Gasteiger partial charge in [-0.15, -0.1) is 0 Å². The third-order valence-corrected chi connectivity index (χ3v) is 13.9. The van der Waals surface area contributed by atoms with Gasteiger partial charge in [-0.25, -0.2) is 0 Å². The highest BCUT2D eigenvalue weighted by molar-refractivity contribution is 5.76. The van der Waals surface area contributed by atoms with Crippen LogP contribution in [-0.2, 0) is 17.6 Å². The summed E-state index contributed by atoms with van der Waals surface area (Å²) in [4.78, 5) is 12.7. The monoisotopic (exact) mass is 724 g/mol. The van der Waals surface area contributed by atoms with Gasteiger partial charge in [0.25, 0.3) is 0 Å². The fraction of sp³-hybridized carbons (Fsp3) is 0.587. The number of fused-ring (bicyclic) bond motifs is 3. The Bertz CT molecular complexity index is 1660. The van der Waals surface area contributed by atoms with E-state index in [0.29, 0.717) is 51.1 Å². The van der Waals surface area contributed by atoms with Gasteiger partial charge in [-0.2, -0.15) is 0 Å². The van der Waals surface area contributed by atoms with Gasteiger partial charge in [-0.3, -0.25) is 4.79 Å². The Hall–Kier alpha value is -2.91. The summed E-state index contributed by atoms with van der Waals surface area (Å²) in [5, 5.41) is 53.7. The summed E-state index contributed by atoms with van der Waals surface area (Å²) in [5.41, 5.74) is 5.06. The van der Waals surface area contributed by atoms with Crippen molar-refractivity contribution in [3.05, 3.63) is 106 Å². The number of hydrogen-bond acceptors (Lipinski definition) is 7. The van der Waals surface area contributed by atoms with Gasteiger partial charge in [0.2, 0.25) is 0 Å². The average molecular weight is 725 g/mol. The summed E-state index contributed by atoms with van der Waals surface area (Å²) in [6.45, 7) is 10.2. The maximum atomic E-state index is 13.0. The predicted octanol–water partition coefficient (Wildman–Crippen LogP) is 6.10. The molecule has 2 fully saturated rings. The normalized spacial score (nSPS) is 36.2. The molecule has 5 aliphatic rings. The molecule has 4 bridgehead atoms. The zero-order valence-corrected chi connectivity index (χ0v) is 32.3. The van der Waals surface area contributed by atoms with Crippen LogP contribution in [0, 0.1) is 34.5 Å². The summed E-state index contributed by atoms with van der Waals surface area (Å²) in [7, 11) is 1.89. The van der Waals surface area contributed by atoms with Crippen molar-refractivity contribution in [2.45, 2.75) is 102 Å². The number of rotatable bonds is 11. The van der Waals surface area contributed by atoms with Gasteiger partial charge in [-0.05, 0) is 144 Å². The quantitative estimate of drug-likeness (QED) is 0.0928. The summed E-state index contributed by atoms with van der Waals surface area (Å²) < 4.78 is 0. The molecule has 1 spiro atoms. The van der Waals surface area contributed by atoms with E-state index in [1.165, 1.54) is 16.7 Å². The minimum absolute atomic E-state index is 0.0128. The molecule has 1 aromatic rings. The number of benzene rings is 1. The molecule has 1 aromatic carbocycles. The molecule has 0 aromatic heterocycles. The molecule has 7 nitrogen and oxygen atoms in total. The Morgan fingerprint density at radius 2 is 1.96 bits per heavy atom. The second kappa shape index (κ2) is 16.8. The Kier molecular flexibility index (Phi) is 12.6. The minimum Gasteiger partial charge on any atom is -0.396 e. The molecule has 6 rings (SSSR count). The standard InChI is InChI=1S/C46H64N2O5/c1-31-13-14-37(26-35-10-6-9-34(25-35)24-33(3)48-27-31)32(2)8-5-11-38(28-50)40-16-20-46(43(40)52)42-36(17-23-49)15-19-44(30-45(46,53)21-22-47-4)18-7-12-39(29-51)41(42)44/h5-6,8-11,13,15,19,25,29,33,36-37,40,42-43,47-50,52-53H,2,7,12,14,16-18,20-24,26-28,30H2,1,3-4H3. The van der Waals surface area contributed by atoms with E-state index in [1.54, 1.807) is 0 Å². The third kappa shape index (κ3) is 7.68. The average Bonchev–Trinajstić information content (AvgIpc) is 3.49. The summed E-state index contributed by atoms with van der Waals surface area (Å²) in [6.07, 6.45) is 20.6. The molecule has 0 radical (unpaired) electrons. The van der Waals surface area contributed by atoms with Crippen LogP contribution in [0.25, 0.3) is 0 Å². The van der Waals surface area contributed by atoms with Gasteiger partial charge in [0.05, 0.1) is 18.3 Å². The minimum atomic E-state index is -1.21. The number of nitrogens with one attached hydrogen (secondary N) is 2. The van der Waals surface area contributed by atoms with Crippen molar-refractivity contribution in [1.29, 1.82) is 0 Å². The first-order valence-electron chi connectivity index (χ1n) is 20.2. The molecule has 2 saturated carbocycles. The van der Waals surface area contributed by atoms with Crippen LogP contribution in [0.4, 0.5) is 0 Å². The predicted molar refractivity (Wildman–Crippen MR) is 213 cm³/mol. The second-order valence-corrected chi connectivity index (χ2v) is 17.1. The summed E-state index contributed by atoms with van der Waals surface area (Å²) in [5.74, 6) is -0.539. The molecule has 1 heterocycles. The maximum Gasteiger partial charge on any atom is 0.146 e. The fourth-order valence-electron chi connectivity index (χ4n) is 11.3. The molecule has 4 aliphatic carbocycles. The molecule has 0 saturated heterocycles. The molecule has 288 valence electrons. The number of hydrogen-bond donors (Lipinski definition) is 6. The van der Waals surface area contributed by atoms with E-state index in [1.807, 2.05) is 19.2 Å². The van der Waals surface area contributed by atoms with Crippen molar-refractivity contribution in [2.75, 3.05) is 33.4 Å². The Morgan fingerprint density at radius 3 is 2.70 bits per heavy atom. The molecule has 9 atom stereocenters. The van der Waals surface area contributed by atoms with Crippen molar-refractivity contribution in [1.82, 2.24) is 10.6 Å². The van der Waals surface area contributed by atoms with E-state index in [-0.39, 0.29) is 36.9 Å². The van der Waals surface area contributed by atoms with Crippen molar-refractivity contribution >= 4 is 6.29 Å². The fourth-order valence-corrected chi connectivity index (χ4v) is 11.3. The van der Waals surface area contributed by atoms with Crippen LogP contribution in [0.2, 0.25) is 0 Å². The molecule has 6 N–H and O–H groups in total. The van der Waals surface area contributed by atoms with Gasteiger partial charge < -0.3 is 31.1 Å². The second-order valence-electron chi connectivity index (χ2n) is 17.1. The van der Waals surface area contributed by atoms with Gasteiger partial charge in [0, 0.05) is 35.9 Å². The first-order chi connectivity index (χ1) is 25.5. The Morgan fingerprint density at radius 1 is 1.17 bits per heavy atom. The van der Waals surface area contributed by atoms with E-state index >= 15 is 0 Å². The van der Waals surface area contributed by atoms with Crippen LogP contribution in [-0.4, -0.2) is 77.8 Å². The molecule has 0 amide bonds. The van der Waals surface area contributed by atoms with E-state index in [0.717, 1.165) is 67.2 Å². The SMILES string of the molecule is C=C(C=CC=C(CO)C1CCC2(C1O)C1C3=C(C=O)CCCC3(C=CC1CCO)CC2(O)CCNC)C1CC=C(C)CNC(C)Cc2cccc(c2)C1. The zero-order chi connectivity index (χ0) is 37.8. The number of aliphatic hydroxyl groups excluding tert-OH is 3. The highest BCUT2D eigenvalue weighted by Crippen LogP contribution is 2.72. The molecule has 1 aliphatic heterocycles. The highest BCUT2D eigenvalue weighted by Gasteiger charge is 2.71. The van der Waals surface area contributed by atoms with E-state index < -0.39 is 22.5 Å². The molecule has 7 heteroatoms. The first kappa shape index (κ1) is 39.8. The van der Waals surface area contributed by atoms with Crippen LogP contribution >= 0.6 is 0 Å². The van der Waals surface area contributed by atoms with Crippen molar-refractivity contribution in [3.63, 3.8) is 0 Å². The van der Waals surface area contributed by atoms with Crippen LogP contribution in [0.15, 0.2) is 95.2 Å². The molecular formula is C46H64N2O5. The van der Waals surface area contributed by atoms with Crippen LogP contribution in [0.3, 0.4) is 0 Å². The first-order valence-corrected chi connectivity index (χ1v) is 20.2. The topological polar surface area (TPSA) is 122 Å². The lowest BCUT2D eigenvalue weighted by Gasteiger charge is -2.66. The van der Waals surface area contributed by atoms with Crippen LogP contribution in [0.5, 0.6) is 0 Å². The number of carbonyl (C=O) groups excluding carboxylic acids is 1. The Balaban J connectivity index is 1.31. The smallest absolute Gasteiger partial charge is 0.146 e. The lowest BCUT2D eigenvalue weighted by Crippen LogP contribution is -2.67. The van der Waals surface area contributed by atoms with Crippen molar-refractivity contribution in [2.24, 2.45) is 34.5 Å². The van der Waals surface area contributed by atoms with E-state index in [9.17, 15) is 25.2 Å².